The number of rotatable bonds is 3. The molecule has 136 valence electrons. The fraction of sp³-hybridized carbons (Fsp3) is 0.286. The second kappa shape index (κ2) is 6.44. The van der Waals surface area contributed by atoms with Crippen LogP contribution in [0.4, 0.5) is 10.5 Å². The Hall–Kier alpha value is -3.33. The highest BCUT2D eigenvalue weighted by Crippen LogP contribution is 2.34. The number of aromatic nitrogens is 2. The Bertz CT molecular complexity index is 1060. The maximum absolute atomic E-state index is 12.5. The standard InChI is InChI=1S/C21H21N5O/c1-21(2,12-22)14-7-8-15-13(10-14)6-9-18(15)25-20(27)24-17-4-3-5-19-16(17)11-23-26-19/h3-5,7-8,10-11,18H,6,9H2,1-2H3,(H,23,26)(H2,24,25,27)/t18-/m1/s1. The number of amides is 2. The van der Waals surface area contributed by atoms with Crippen LogP contribution in [0.5, 0.6) is 0 Å². The average Bonchev–Trinajstić information content (AvgIpc) is 3.29. The molecule has 3 N–H and O–H groups in total. The summed E-state index contributed by atoms with van der Waals surface area (Å²) in [5, 5.41) is 23.1. The molecule has 1 aliphatic rings. The number of hydrogen-bond donors (Lipinski definition) is 3. The van der Waals surface area contributed by atoms with Gasteiger partial charge in [-0.2, -0.15) is 10.4 Å². The van der Waals surface area contributed by atoms with E-state index in [0.29, 0.717) is 0 Å². The number of fused-ring (bicyclic) bond motifs is 2. The molecular formula is C21H21N5O. The Balaban J connectivity index is 1.50. The van der Waals surface area contributed by atoms with Gasteiger partial charge in [-0.3, -0.25) is 5.10 Å². The number of urea groups is 1. The zero-order chi connectivity index (χ0) is 19.0. The predicted octanol–water partition coefficient (Wildman–Crippen LogP) is 4.17. The van der Waals surface area contributed by atoms with E-state index in [0.717, 1.165) is 40.6 Å². The quantitative estimate of drug-likeness (QED) is 0.655. The summed E-state index contributed by atoms with van der Waals surface area (Å²) >= 11 is 0. The first kappa shape index (κ1) is 17.1. The number of aromatic amines is 1. The lowest BCUT2D eigenvalue weighted by molar-refractivity contribution is 0.248. The van der Waals surface area contributed by atoms with Gasteiger partial charge in [0.15, 0.2) is 0 Å². The van der Waals surface area contributed by atoms with Crippen molar-refractivity contribution in [1.82, 2.24) is 15.5 Å². The molecule has 0 spiro atoms. The van der Waals surface area contributed by atoms with Gasteiger partial charge in [0, 0.05) is 5.39 Å². The molecule has 0 saturated heterocycles. The lowest BCUT2D eigenvalue weighted by Gasteiger charge is -2.19. The molecule has 0 aliphatic heterocycles. The molecule has 1 heterocycles. The number of nitrogens with one attached hydrogen (secondary N) is 3. The summed E-state index contributed by atoms with van der Waals surface area (Å²) in [4.78, 5) is 12.5. The van der Waals surface area contributed by atoms with Crippen molar-refractivity contribution in [3.63, 3.8) is 0 Å². The van der Waals surface area contributed by atoms with E-state index in [2.05, 4.69) is 33.0 Å². The first-order valence-corrected chi connectivity index (χ1v) is 9.02. The van der Waals surface area contributed by atoms with Crippen LogP contribution in [0.2, 0.25) is 0 Å². The fourth-order valence-electron chi connectivity index (χ4n) is 3.61. The van der Waals surface area contributed by atoms with Crippen molar-refractivity contribution in [2.24, 2.45) is 0 Å². The second-order valence-electron chi connectivity index (χ2n) is 7.48. The van der Waals surface area contributed by atoms with Crippen LogP contribution >= 0.6 is 0 Å². The zero-order valence-corrected chi connectivity index (χ0v) is 15.3. The number of hydrogen-bond acceptors (Lipinski definition) is 3. The molecule has 0 fully saturated rings. The summed E-state index contributed by atoms with van der Waals surface area (Å²) in [6.45, 7) is 3.84. The van der Waals surface area contributed by atoms with Gasteiger partial charge in [-0.05, 0) is 55.5 Å². The van der Waals surface area contributed by atoms with Gasteiger partial charge >= 0.3 is 6.03 Å². The highest BCUT2D eigenvalue weighted by Gasteiger charge is 2.27. The molecule has 2 aromatic carbocycles. The molecule has 27 heavy (non-hydrogen) atoms. The largest absolute Gasteiger partial charge is 0.331 e. The van der Waals surface area contributed by atoms with Crippen molar-refractivity contribution >= 4 is 22.6 Å². The molecule has 0 radical (unpaired) electrons. The van der Waals surface area contributed by atoms with Crippen molar-refractivity contribution in [2.75, 3.05) is 5.32 Å². The van der Waals surface area contributed by atoms with E-state index < -0.39 is 5.41 Å². The smallest absolute Gasteiger partial charge is 0.319 e. The number of carbonyl (C=O) groups is 1. The SMILES string of the molecule is CC(C)(C#N)c1ccc2c(c1)CC[C@H]2NC(=O)Nc1cccc2[nH]ncc12. The van der Waals surface area contributed by atoms with Crippen LogP contribution in [-0.2, 0) is 11.8 Å². The van der Waals surface area contributed by atoms with E-state index in [9.17, 15) is 10.1 Å². The van der Waals surface area contributed by atoms with E-state index in [1.54, 1.807) is 6.20 Å². The minimum atomic E-state index is -0.513. The van der Waals surface area contributed by atoms with Gasteiger partial charge in [0.05, 0.1) is 34.9 Å². The van der Waals surface area contributed by atoms with E-state index in [1.165, 1.54) is 5.56 Å². The number of nitrogens with zero attached hydrogens (tertiary/aromatic N) is 2. The molecule has 3 aromatic rings. The number of nitriles is 1. The minimum Gasteiger partial charge on any atom is -0.331 e. The minimum absolute atomic E-state index is 0.0252. The van der Waals surface area contributed by atoms with Crippen LogP contribution < -0.4 is 10.6 Å². The lowest BCUT2D eigenvalue weighted by Crippen LogP contribution is -2.31. The second-order valence-corrected chi connectivity index (χ2v) is 7.48. The van der Waals surface area contributed by atoms with Crippen molar-refractivity contribution in [3.05, 3.63) is 59.3 Å². The van der Waals surface area contributed by atoms with Crippen LogP contribution in [0.25, 0.3) is 10.9 Å². The molecule has 1 atom stereocenters. The lowest BCUT2D eigenvalue weighted by atomic mass is 9.85. The van der Waals surface area contributed by atoms with Gasteiger partial charge in [-0.15, -0.1) is 0 Å². The molecule has 0 unspecified atom stereocenters. The van der Waals surface area contributed by atoms with Crippen LogP contribution in [-0.4, -0.2) is 16.2 Å². The van der Waals surface area contributed by atoms with Crippen LogP contribution in [0.1, 0.15) is 43.0 Å². The summed E-state index contributed by atoms with van der Waals surface area (Å²) < 4.78 is 0. The number of carbonyl (C=O) groups excluding carboxylic acids is 1. The molecule has 1 aliphatic carbocycles. The van der Waals surface area contributed by atoms with Gasteiger partial charge in [-0.25, -0.2) is 4.79 Å². The van der Waals surface area contributed by atoms with Gasteiger partial charge < -0.3 is 10.6 Å². The third-order valence-corrected chi connectivity index (χ3v) is 5.26. The van der Waals surface area contributed by atoms with E-state index in [4.69, 9.17) is 0 Å². The number of H-pyrrole nitrogens is 1. The Morgan fingerprint density at radius 1 is 1.33 bits per heavy atom. The summed E-state index contributed by atoms with van der Waals surface area (Å²) in [6.07, 6.45) is 3.45. The zero-order valence-electron chi connectivity index (χ0n) is 15.3. The van der Waals surface area contributed by atoms with Crippen LogP contribution in [0.15, 0.2) is 42.6 Å². The van der Waals surface area contributed by atoms with Crippen molar-refractivity contribution < 1.29 is 4.79 Å². The summed E-state index contributed by atoms with van der Waals surface area (Å²) in [6, 6.07) is 13.9. The van der Waals surface area contributed by atoms with Crippen molar-refractivity contribution in [2.45, 2.75) is 38.1 Å². The maximum Gasteiger partial charge on any atom is 0.319 e. The van der Waals surface area contributed by atoms with Gasteiger partial charge in [0.2, 0.25) is 0 Å². The third-order valence-electron chi connectivity index (χ3n) is 5.26. The Morgan fingerprint density at radius 2 is 2.19 bits per heavy atom. The van der Waals surface area contributed by atoms with Crippen LogP contribution in [0, 0.1) is 11.3 Å². The number of benzene rings is 2. The molecule has 6 heteroatoms. The van der Waals surface area contributed by atoms with Crippen molar-refractivity contribution in [1.29, 1.82) is 5.26 Å². The Labute approximate surface area is 157 Å². The van der Waals surface area contributed by atoms with Crippen molar-refractivity contribution in [3.8, 4) is 6.07 Å². The molecule has 0 bridgehead atoms. The summed E-state index contributed by atoms with van der Waals surface area (Å²) in [7, 11) is 0. The van der Waals surface area contributed by atoms with Gasteiger partial charge in [-0.1, -0.05) is 24.3 Å². The molecule has 6 nitrogen and oxygen atoms in total. The number of aryl methyl sites for hydroxylation is 1. The van der Waals surface area contributed by atoms with E-state index in [-0.39, 0.29) is 12.1 Å². The van der Waals surface area contributed by atoms with E-state index in [1.807, 2.05) is 44.2 Å². The molecule has 4 rings (SSSR count). The predicted molar refractivity (Wildman–Crippen MR) is 104 cm³/mol. The summed E-state index contributed by atoms with van der Waals surface area (Å²) in [5.41, 5.74) is 4.44. The first-order valence-electron chi connectivity index (χ1n) is 9.02. The molecule has 1 aromatic heterocycles. The maximum atomic E-state index is 12.5. The average molecular weight is 359 g/mol. The van der Waals surface area contributed by atoms with Gasteiger partial charge in [0.25, 0.3) is 0 Å². The third kappa shape index (κ3) is 3.13. The number of anilines is 1. The molecule has 0 saturated carbocycles. The molecular weight excluding hydrogens is 338 g/mol. The Morgan fingerprint density at radius 3 is 3.00 bits per heavy atom. The highest BCUT2D eigenvalue weighted by molar-refractivity contribution is 6.00. The highest BCUT2D eigenvalue weighted by atomic mass is 16.2. The molecule has 2 amide bonds. The van der Waals surface area contributed by atoms with Gasteiger partial charge in [0.1, 0.15) is 0 Å². The van der Waals surface area contributed by atoms with Crippen LogP contribution in [0.3, 0.4) is 0 Å². The topological polar surface area (TPSA) is 93.6 Å². The monoisotopic (exact) mass is 359 g/mol. The first-order chi connectivity index (χ1) is 13.0. The Kier molecular flexibility index (Phi) is 4.08. The van der Waals surface area contributed by atoms with E-state index >= 15 is 0 Å². The summed E-state index contributed by atoms with van der Waals surface area (Å²) in [5.74, 6) is 0. The fourth-order valence-corrected chi connectivity index (χ4v) is 3.61. The normalized spacial score (nSPS) is 16.0.